The first-order valence-electron chi connectivity index (χ1n) is 8.49. The quantitative estimate of drug-likeness (QED) is 0.794. The molecule has 0 spiro atoms. The second kappa shape index (κ2) is 7.46. The summed E-state index contributed by atoms with van der Waals surface area (Å²) in [6.07, 6.45) is 2.12. The molecule has 132 valence electrons. The molecule has 25 heavy (non-hydrogen) atoms. The van der Waals surface area contributed by atoms with E-state index in [0.29, 0.717) is 11.6 Å². The number of likely N-dealkylation sites (tertiary alicyclic amines) is 1. The second-order valence-electron chi connectivity index (χ2n) is 6.42. The fourth-order valence-corrected chi connectivity index (χ4v) is 2.95. The molecule has 1 amide bonds. The van der Waals surface area contributed by atoms with Crippen LogP contribution in [0, 0.1) is 12.8 Å². The van der Waals surface area contributed by atoms with E-state index in [2.05, 4.69) is 17.1 Å². The van der Waals surface area contributed by atoms with Crippen LogP contribution >= 0.6 is 0 Å². The molecule has 0 radical (unpaired) electrons. The van der Waals surface area contributed by atoms with Crippen LogP contribution in [0.15, 0.2) is 30.3 Å². The lowest BCUT2D eigenvalue weighted by Crippen LogP contribution is -2.41. The van der Waals surface area contributed by atoms with E-state index in [1.807, 2.05) is 30.3 Å². The molecule has 7 nitrogen and oxygen atoms in total. The molecule has 2 heterocycles. The van der Waals surface area contributed by atoms with Crippen molar-refractivity contribution < 1.29 is 14.3 Å². The fraction of sp³-hybridized carbons (Fsp3) is 0.444. The first kappa shape index (κ1) is 17.1. The largest absolute Gasteiger partial charge is 0.451 e. The molecule has 7 heteroatoms. The zero-order valence-corrected chi connectivity index (χ0v) is 14.5. The van der Waals surface area contributed by atoms with Gasteiger partial charge in [0.1, 0.15) is 0 Å². The van der Waals surface area contributed by atoms with Gasteiger partial charge in [-0.15, -0.1) is 5.10 Å². The number of hydrogen-bond donors (Lipinski definition) is 0. The highest BCUT2D eigenvalue weighted by molar-refractivity contribution is 5.90. The summed E-state index contributed by atoms with van der Waals surface area (Å²) in [6.45, 7) is 5.00. The molecule has 1 atom stereocenters. The molecule has 1 aromatic heterocycles. The molecule has 2 aromatic rings. The maximum absolute atomic E-state index is 12.3. The van der Waals surface area contributed by atoms with Gasteiger partial charge in [-0.05, 0) is 37.8 Å². The minimum atomic E-state index is -0.627. The van der Waals surface area contributed by atoms with Crippen LogP contribution < -0.4 is 0 Å². The molecule has 0 N–H and O–H groups in total. The number of benzene rings is 1. The van der Waals surface area contributed by atoms with Gasteiger partial charge < -0.3 is 9.64 Å². The van der Waals surface area contributed by atoms with E-state index < -0.39 is 5.97 Å². The zero-order chi connectivity index (χ0) is 17.8. The first-order valence-corrected chi connectivity index (χ1v) is 8.49. The van der Waals surface area contributed by atoms with Crippen molar-refractivity contribution in [3.8, 4) is 5.69 Å². The van der Waals surface area contributed by atoms with Crippen LogP contribution in [0.5, 0.6) is 0 Å². The smallest absolute Gasteiger partial charge is 0.361 e. The molecule has 0 bridgehead atoms. The minimum absolute atomic E-state index is 0.128. The van der Waals surface area contributed by atoms with E-state index in [4.69, 9.17) is 4.74 Å². The van der Waals surface area contributed by atoms with Crippen molar-refractivity contribution >= 4 is 11.9 Å². The van der Waals surface area contributed by atoms with Crippen LogP contribution in [0.4, 0.5) is 0 Å². The van der Waals surface area contributed by atoms with Crippen LogP contribution in [0.2, 0.25) is 0 Å². The summed E-state index contributed by atoms with van der Waals surface area (Å²) >= 11 is 0. The van der Waals surface area contributed by atoms with Crippen molar-refractivity contribution in [3.05, 3.63) is 41.7 Å². The Labute approximate surface area is 146 Å². The maximum Gasteiger partial charge on any atom is 0.361 e. The van der Waals surface area contributed by atoms with Gasteiger partial charge in [-0.1, -0.05) is 25.1 Å². The molecule has 1 fully saturated rings. The second-order valence-corrected chi connectivity index (χ2v) is 6.42. The summed E-state index contributed by atoms with van der Waals surface area (Å²) in [6, 6.07) is 9.31. The van der Waals surface area contributed by atoms with Crippen LogP contribution in [0.3, 0.4) is 0 Å². The fourth-order valence-electron chi connectivity index (χ4n) is 2.95. The Morgan fingerprint density at radius 1 is 1.24 bits per heavy atom. The molecule has 1 aromatic carbocycles. The molecular weight excluding hydrogens is 320 g/mol. The number of ether oxygens (including phenoxy) is 1. The number of aromatic nitrogens is 3. The van der Waals surface area contributed by atoms with Gasteiger partial charge in [0, 0.05) is 13.1 Å². The van der Waals surface area contributed by atoms with Crippen LogP contribution in [-0.4, -0.2) is 51.5 Å². The van der Waals surface area contributed by atoms with E-state index in [-0.39, 0.29) is 18.2 Å². The number of carbonyl (C=O) groups excluding carboxylic acids is 2. The molecule has 0 unspecified atom stereocenters. The van der Waals surface area contributed by atoms with Gasteiger partial charge in [0.05, 0.1) is 11.4 Å². The van der Waals surface area contributed by atoms with Crippen LogP contribution in [-0.2, 0) is 9.53 Å². The molecule has 3 rings (SSSR count). The minimum Gasteiger partial charge on any atom is -0.451 e. The van der Waals surface area contributed by atoms with Gasteiger partial charge in [0.15, 0.2) is 12.3 Å². The van der Waals surface area contributed by atoms with Gasteiger partial charge in [-0.25, -0.2) is 4.79 Å². The van der Waals surface area contributed by atoms with Gasteiger partial charge in [0.25, 0.3) is 5.91 Å². The highest BCUT2D eigenvalue weighted by atomic mass is 16.5. The van der Waals surface area contributed by atoms with Gasteiger partial charge >= 0.3 is 5.97 Å². The van der Waals surface area contributed by atoms with Crippen LogP contribution in [0.1, 0.15) is 35.9 Å². The lowest BCUT2D eigenvalue weighted by atomic mass is 10.0. The van der Waals surface area contributed by atoms with Gasteiger partial charge in [0.2, 0.25) is 0 Å². The number of para-hydroxylation sites is 1. The summed E-state index contributed by atoms with van der Waals surface area (Å²) in [5, 5.41) is 8.43. The lowest BCUT2D eigenvalue weighted by molar-refractivity contribution is -0.136. The predicted octanol–water partition coefficient (Wildman–Crippen LogP) is 1.99. The molecule has 0 saturated carbocycles. The molecule has 1 aliphatic heterocycles. The summed E-state index contributed by atoms with van der Waals surface area (Å²) in [5.41, 5.74) is 1.35. The number of aryl methyl sites for hydroxylation is 1. The van der Waals surface area contributed by atoms with Crippen molar-refractivity contribution in [2.45, 2.75) is 26.7 Å². The third-order valence-electron chi connectivity index (χ3n) is 4.30. The topological polar surface area (TPSA) is 77.3 Å². The van der Waals surface area contributed by atoms with E-state index >= 15 is 0 Å². The summed E-state index contributed by atoms with van der Waals surface area (Å²) in [7, 11) is 0. The third-order valence-corrected chi connectivity index (χ3v) is 4.30. The summed E-state index contributed by atoms with van der Waals surface area (Å²) in [5.74, 6) is -0.299. The number of carbonyl (C=O) groups is 2. The molecule has 1 aliphatic rings. The standard InChI is InChI=1S/C18H22N4O3/c1-13-7-6-10-21(11-13)16(23)12-25-18(24)17-14(2)19-22(20-17)15-8-4-3-5-9-15/h3-5,8-9,13H,6-7,10-12H2,1-2H3/t13-/m0/s1. The van der Waals surface area contributed by atoms with Crippen molar-refractivity contribution in [1.29, 1.82) is 0 Å². The monoisotopic (exact) mass is 342 g/mol. The number of rotatable bonds is 4. The van der Waals surface area contributed by atoms with E-state index in [1.165, 1.54) is 4.80 Å². The zero-order valence-electron chi connectivity index (χ0n) is 14.5. The average Bonchev–Trinajstić information content (AvgIpc) is 3.02. The van der Waals surface area contributed by atoms with Gasteiger partial charge in [-0.2, -0.15) is 9.90 Å². The normalized spacial score (nSPS) is 17.4. The van der Waals surface area contributed by atoms with E-state index in [1.54, 1.807) is 11.8 Å². The Bertz CT molecular complexity index is 757. The Kier molecular flexibility index (Phi) is 5.11. The average molecular weight is 342 g/mol. The highest BCUT2D eigenvalue weighted by Gasteiger charge is 2.23. The number of piperidine rings is 1. The highest BCUT2D eigenvalue weighted by Crippen LogP contribution is 2.15. The van der Waals surface area contributed by atoms with E-state index in [9.17, 15) is 9.59 Å². The van der Waals surface area contributed by atoms with Crippen molar-refractivity contribution in [3.63, 3.8) is 0 Å². The third kappa shape index (κ3) is 4.04. The number of esters is 1. The number of amides is 1. The Balaban J connectivity index is 1.62. The van der Waals surface area contributed by atoms with Crippen LogP contribution in [0.25, 0.3) is 5.69 Å². The lowest BCUT2D eigenvalue weighted by Gasteiger charge is -2.30. The molecule has 0 aliphatic carbocycles. The van der Waals surface area contributed by atoms with Crippen molar-refractivity contribution in [1.82, 2.24) is 19.9 Å². The molecular formula is C18H22N4O3. The summed E-state index contributed by atoms with van der Waals surface area (Å²) in [4.78, 5) is 27.6. The Morgan fingerprint density at radius 2 is 2.00 bits per heavy atom. The van der Waals surface area contributed by atoms with Gasteiger partial charge in [-0.3, -0.25) is 4.79 Å². The number of nitrogens with zero attached hydrogens (tertiary/aromatic N) is 4. The first-order chi connectivity index (χ1) is 12.0. The SMILES string of the molecule is Cc1nn(-c2ccccc2)nc1C(=O)OCC(=O)N1CCC[C@H](C)C1. The van der Waals surface area contributed by atoms with Crippen molar-refractivity contribution in [2.75, 3.05) is 19.7 Å². The number of hydrogen-bond acceptors (Lipinski definition) is 5. The maximum atomic E-state index is 12.3. The predicted molar refractivity (Wildman–Crippen MR) is 91.4 cm³/mol. The Morgan fingerprint density at radius 3 is 2.72 bits per heavy atom. The Hall–Kier alpha value is -2.70. The molecule has 1 saturated heterocycles. The van der Waals surface area contributed by atoms with Crippen molar-refractivity contribution in [2.24, 2.45) is 5.92 Å². The summed E-state index contributed by atoms with van der Waals surface area (Å²) < 4.78 is 5.16. The van der Waals surface area contributed by atoms with E-state index in [0.717, 1.165) is 31.6 Å².